The van der Waals surface area contributed by atoms with Gasteiger partial charge < -0.3 is 0 Å². The van der Waals surface area contributed by atoms with Crippen molar-refractivity contribution in [2.24, 2.45) is 25.7 Å². The van der Waals surface area contributed by atoms with Gasteiger partial charge in [-0.05, 0) is 17.4 Å². The van der Waals surface area contributed by atoms with E-state index in [1.807, 2.05) is 12.1 Å². The molecule has 2 aliphatic heterocycles. The third kappa shape index (κ3) is 0.554. The molecule has 56 valence electrons. The van der Waals surface area contributed by atoms with Gasteiger partial charge in [0.1, 0.15) is 16.7 Å². The minimum atomic E-state index is 0.727. The standard InChI is InChI=1S/C7H3N5/c1-2-5-7(11-12-9-5)6-4(1)3-8-10-6/h1-3H. The van der Waals surface area contributed by atoms with Crippen molar-refractivity contribution in [1.29, 1.82) is 0 Å². The van der Waals surface area contributed by atoms with E-state index < -0.39 is 0 Å². The molecule has 0 atom stereocenters. The molecule has 0 aromatic heterocycles. The molecule has 0 aliphatic carbocycles. The zero-order valence-electron chi connectivity index (χ0n) is 5.97. The lowest BCUT2D eigenvalue weighted by atomic mass is 10.2. The van der Waals surface area contributed by atoms with Gasteiger partial charge in [0.2, 0.25) is 0 Å². The van der Waals surface area contributed by atoms with E-state index in [0.717, 1.165) is 22.0 Å². The molecule has 0 N–H and O–H groups in total. The molecule has 0 spiro atoms. The zero-order chi connectivity index (χ0) is 7.97. The largest absolute Gasteiger partial charge is 0.158 e. The van der Waals surface area contributed by atoms with Gasteiger partial charge in [-0.2, -0.15) is 5.11 Å². The summed E-state index contributed by atoms with van der Waals surface area (Å²) >= 11 is 0. The van der Waals surface area contributed by atoms with Crippen LogP contribution in [-0.2, 0) is 0 Å². The second-order valence-electron chi connectivity index (χ2n) is 2.51. The van der Waals surface area contributed by atoms with E-state index in [9.17, 15) is 0 Å². The summed E-state index contributed by atoms with van der Waals surface area (Å²) in [7, 11) is 0. The topological polar surface area (TPSA) is 61.8 Å². The maximum atomic E-state index is 3.93. The van der Waals surface area contributed by atoms with Gasteiger partial charge >= 0.3 is 0 Å². The summed E-state index contributed by atoms with van der Waals surface area (Å²) in [6.07, 6.45) is 1.70. The lowest BCUT2D eigenvalue weighted by Crippen LogP contribution is -2.05. The number of hydrogen-bond donors (Lipinski definition) is 0. The number of nitrogens with zero attached hydrogens (tertiary/aromatic N) is 5. The predicted octanol–water partition coefficient (Wildman–Crippen LogP) is 1.15. The summed E-state index contributed by atoms with van der Waals surface area (Å²) < 4.78 is 0. The Bertz CT molecular complexity index is 476. The zero-order valence-corrected chi connectivity index (χ0v) is 5.97. The predicted molar refractivity (Wildman–Crippen MR) is 40.7 cm³/mol. The van der Waals surface area contributed by atoms with Crippen LogP contribution in [0.4, 0.5) is 11.4 Å². The van der Waals surface area contributed by atoms with Gasteiger partial charge in [-0.3, -0.25) is 0 Å². The Morgan fingerprint density at radius 1 is 1.00 bits per heavy atom. The fraction of sp³-hybridized carbons (Fsp3) is 0. The van der Waals surface area contributed by atoms with Crippen molar-refractivity contribution in [2.45, 2.75) is 0 Å². The average molecular weight is 157 g/mol. The van der Waals surface area contributed by atoms with E-state index in [0.29, 0.717) is 0 Å². The summed E-state index contributed by atoms with van der Waals surface area (Å²) in [5, 5.41) is 20.7. The van der Waals surface area contributed by atoms with Crippen LogP contribution in [0.15, 0.2) is 37.8 Å². The van der Waals surface area contributed by atoms with Crippen LogP contribution >= 0.6 is 0 Å². The van der Waals surface area contributed by atoms with Crippen LogP contribution in [0.2, 0.25) is 0 Å². The van der Waals surface area contributed by atoms with E-state index in [-0.39, 0.29) is 0 Å². The number of fused-ring (bicyclic) bond motifs is 3. The normalized spacial score (nSPS) is 15.3. The van der Waals surface area contributed by atoms with Gasteiger partial charge in [-0.15, -0.1) is 15.3 Å². The summed E-state index contributed by atoms with van der Waals surface area (Å²) in [5.74, 6) is 0. The quantitative estimate of drug-likeness (QED) is 0.542. The van der Waals surface area contributed by atoms with E-state index in [1.54, 1.807) is 6.20 Å². The van der Waals surface area contributed by atoms with Gasteiger partial charge in [-0.25, -0.2) is 0 Å². The first-order chi connectivity index (χ1) is 5.95. The Balaban J connectivity index is 2.57. The van der Waals surface area contributed by atoms with Crippen molar-refractivity contribution in [3.8, 4) is 0 Å². The second kappa shape index (κ2) is 1.82. The van der Waals surface area contributed by atoms with Crippen LogP contribution in [-0.4, -0.2) is 0 Å². The summed E-state index contributed by atoms with van der Waals surface area (Å²) in [4.78, 5) is 0. The van der Waals surface area contributed by atoms with Gasteiger partial charge in [-0.1, -0.05) is 0 Å². The molecule has 0 saturated heterocycles. The molecule has 2 aliphatic rings. The monoisotopic (exact) mass is 157 g/mol. The van der Waals surface area contributed by atoms with Crippen LogP contribution in [0, 0.1) is 0 Å². The van der Waals surface area contributed by atoms with Gasteiger partial charge in [0.05, 0.1) is 6.20 Å². The molecule has 0 radical (unpaired) electrons. The Morgan fingerprint density at radius 3 is 3.00 bits per heavy atom. The van der Waals surface area contributed by atoms with Crippen molar-refractivity contribution in [2.75, 3.05) is 0 Å². The highest BCUT2D eigenvalue weighted by Gasteiger charge is 2.11. The maximum absolute atomic E-state index is 3.93. The Hall–Kier alpha value is -1.91. The number of hydrogen-bond acceptors (Lipinski definition) is 5. The van der Waals surface area contributed by atoms with Crippen LogP contribution in [0.5, 0.6) is 0 Å². The molecule has 2 heterocycles. The van der Waals surface area contributed by atoms with Gasteiger partial charge in [0.15, 0.2) is 0 Å². The Kier molecular flexibility index (Phi) is 0.864. The van der Waals surface area contributed by atoms with Crippen molar-refractivity contribution < 1.29 is 0 Å². The second-order valence-corrected chi connectivity index (χ2v) is 2.51. The van der Waals surface area contributed by atoms with Crippen LogP contribution in [0.3, 0.4) is 0 Å². The highest BCUT2D eigenvalue weighted by molar-refractivity contribution is 5.65. The molecule has 5 nitrogen and oxygen atoms in total. The van der Waals surface area contributed by atoms with Crippen LogP contribution < -0.4 is 10.6 Å². The first kappa shape index (κ1) is 5.70. The van der Waals surface area contributed by atoms with E-state index in [4.69, 9.17) is 0 Å². The van der Waals surface area contributed by atoms with Crippen LogP contribution in [0.1, 0.15) is 0 Å². The lowest BCUT2D eigenvalue weighted by Gasteiger charge is -1.90. The highest BCUT2D eigenvalue weighted by Crippen LogP contribution is 2.24. The van der Waals surface area contributed by atoms with Crippen molar-refractivity contribution in [3.63, 3.8) is 0 Å². The molecule has 1 aromatic carbocycles. The number of benzene rings is 1. The molecular formula is C7H3N5. The molecular weight excluding hydrogens is 154 g/mol. The molecule has 0 fully saturated rings. The third-order valence-corrected chi connectivity index (χ3v) is 1.81. The third-order valence-electron chi connectivity index (χ3n) is 1.81. The van der Waals surface area contributed by atoms with Crippen molar-refractivity contribution in [3.05, 3.63) is 22.7 Å². The van der Waals surface area contributed by atoms with Gasteiger partial charge in [0.25, 0.3) is 0 Å². The minimum Gasteiger partial charge on any atom is -0.158 e. The van der Waals surface area contributed by atoms with E-state index >= 15 is 0 Å². The lowest BCUT2D eigenvalue weighted by molar-refractivity contribution is 1.08. The number of rotatable bonds is 0. The van der Waals surface area contributed by atoms with E-state index in [1.165, 1.54) is 0 Å². The SMILES string of the molecule is C1=c2ccc3c(c2N=N1)N=NN=3. The summed E-state index contributed by atoms with van der Waals surface area (Å²) in [6, 6.07) is 3.77. The molecule has 0 bridgehead atoms. The Labute approximate surface area is 66.9 Å². The van der Waals surface area contributed by atoms with Crippen LogP contribution in [0.25, 0.3) is 6.20 Å². The first-order valence-corrected chi connectivity index (χ1v) is 3.48. The maximum Gasteiger partial charge on any atom is 0.143 e. The molecule has 0 saturated carbocycles. The fourth-order valence-electron chi connectivity index (χ4n) is 1.24. The Morgan fingerprint density at radius 2 is 2.00 bits per heavy atom. The van der Waals surface area contributed by atoms with Gasteiger partial charge in [0, 0.05) is 5.22 Å². The molecule has 1 aromatic rings. The fourth-order valence-corrected chi connectivity index (χ4v) is 1.24. The smallest absolute Gasteiger partial charge is 0.143 e. The molecule has 0 amide bonds. The van der Waals surface area contributed by atoms with Crippen molar-refractivity contribution in [1.82, 2.24) is 0 Å². The molecule has 0 unspecified atom stereocenters. The summed E-state index contributed by atoms with van der Waals surface area (Å²) in [6.45, 7) is 0. The molecule has 12 heavy (non-hydrogen) atoms. The first-order valence-electron chi connectivity index (χ1n) is 3.48. The molecule has 5 heteroatoms. The highest BCUT2D eigenvalue weighted by atomic mass is 15.4. The average Bonchev–Trinajstić information content (AvgIpc) is 2.71. The van der Waals surface area contributed by atoms with Crippen molar-refractivity contribution >= 4 is 17.6 Å². The molecule has 3 rings (SSSR count). The number of azo groups is 1. The minimum absolute atomic E-state index is 0.727. The summed E-state index contributed by atoms with van der Waals surface area (Å²) in [5.41, 5.74) is 1.50. The van der Waals surface area contributed by atoms with E-state index in [2.05, 4.69) is 25.7 Å².